The van der Waals surface area contributed by atoms with Crippen molar-refractivity contribution in [3.05, 3.63) is 0 Å². The van der Waals surface area contributed by atoms with Gasteiger partial charge < -0.3 is 14.8 Å². The number of carbonyl (C=O) groups is 2. The van der Waals surface area contributed by atoms with Crippen LogP contribution in [-0.4, -0.2) is 51.2 Å². The molecule has 1 N–H and O–H groups in total. The minimum Gasteiger partial charge on any atom is -0.469 e. The number of ether oxygens (including phenoxy) is 2. The molecule has 1 fully saturated rings. The lowest BCUT2D eigenvalue weighted by atomic mass is 9.93. The Hall–Kier alpha value is -1.31. The van der Waals surface area contributed by atoms with Crippen LogP contribution in [0, 0.1) is 11.8 Å². The van der Waals surface area contributed by atoms with Gasteiger partial charge in [0.15, 0.2) is 9.84 Å². The molecule has 21 heavy (non-hydrogen) atoms. The van der Waals surface area contributed by atoms with Crippen molar-refractivity contribution in [1.82, 2.24) is 5.32 Å². The molecule has 1 rings (SSSR count). The molecule has 0 aromatic heterocycles. The molecule has 1 aliphatic heterocycles. The fourth-order valence-electron chi connectivity index (χ4n) is 2.27. The SMILES string of the molecule is COC(=O)C[C@@H]1CS(=O)(=O)C[C@H]1CNC(=O)OC(C)(C)C. The number of hydrogen-bond acceptors (Lipinski definition) is 6. The smallest absolute Gasteiger partial charge is 0.407 e. The van der Waals surface area contributed by atoms with Crippen LogP contribution in [0.2, 0.25) is 0 Å². The predicted octanol–water partition coefficient (Wildman–Crippen LogP) is 0.735. The van der Waals surface area contributed by atoms with Gasteiger partial charge >= 0.3 is 12.1 Å². The number of nitrogens with one attached hydrogen (secondary N) is 1. The summed E-state index contributed by atoms with van der Waals surface area (Å²) in [6.45, 7) is 5.39. The van der Waals surface area contributed by atoms with Crippen LogP contribution in [0.1, 0.15) is 27.2 Å². The molecule has 1 amide bonds. The Labute approximate surface area is 125 Å². The minimum atomic E-state index is -3.18. The third-order valence-electron chi connectivity index (χ3n) is 3.17. The summed E-state index contributed by atoms with van der Waals surface area (Å²) in [5.74, 6) is -1.17. The molecule has 1 saturated heterocycles. The summed E-state index contributed by atoms with van der Waals surface area (Å²) in [5, 5.41) is 2.56. The molecule has 0 bridgehead atoms. The molecule has 0 unspecified atom stereocenters. The first-order valence-corrected chi connectivity index (χ1v) is 8.58. The van der Waals surface area contributed by atoms with E-state index in [1.807, 2.05) is 0 Å². The number of carbonyl (C=O) groups excluding carboxylic acids is 2. The van der Waals surface area contributed by atoms with Crippen LogP contribution < -0.4 is 5.32 Å². The Balaban J connectivity index is 2.58. The normalized spacial score (nSPS) is 24.4. The van der Waals surface area contributed by atoms with E-state index in [-0.39, 0.29) is 36.3 Å². The largest absolute Gasteiger partial charge is 0.469 e. The van der Waals surface area contributed by atoms with Crippen LogP contribution in [0.4, 0.5) is 4.79 Å². The van der Waals surface area contributed by atoms with Gasteiger partial charge in [0.05, 0.1) is 18.6 Å². The van der Waals surface area contributed by atoms with Crippen molar-refractivity contribution in [3.63, 3.8) is 0 Å². The summed E-state index contributed by atoms with van der Waals surface area (Å²) >= 11 is 0. The first-order chi connectivity index (χ1) is 9.52. The van der Waals surface area contributed by atoms with Gasteiger partial charge in [-0.05, 0) is 32.6 Å². The quantitative estimate of drug-likeness (QED) is 0.767. The van der Waals surface area contributed by atoms with E-state index in [9.17, 15) is 18.0 Å². The highest BCUT2D eigenvalue weighted by Crippen LogP contribution is 2.28. The molecule has 122 valence electrons. The van der Waals surface area contributed by atoms with Gasteiger partial charge in [-0.2, -0.15) is 0 Å². The molecule has 8 heteroatoms. The molecule has 1 heterocycles. The highest BCUT2D eigenvalue weighted by atomic mass is 32.2. The van der Waals surface area contributed by atoms with Gasteiger partial charge in [-0.1, -0.05) is 0 Å². The van der Waals surface area contributed by atoms with Crippen LogP contribution >= 0.6 is 0 Å². The molecule has 0 spiro atoms. The van der Waals surface area contributed by atoms with E-state index in [0.29, 0.717) is 0 Å². The zero-order valence-corrected chi connectivity index (χ0v) is 13.7. The monoisotopic (exact) mass is 321 g/mol. The molecule has 0 aromatic rings. The van der Waals surface area contributed by atoms with Crippen molar-refractivity contribution in [3.8, 4) is 0 Å². The highest BCUT2D eigenvalue weighted by molar-refractivity contribution is 7.91. The molecule has 0 aliphatic carbocycles. The van der Waals surface area contributed by atoms with Gasteiger partial charge in [0, 0.05) is 13.0 Å². The highest BCUT2D eigenvalue weighted by Gasteiger charge is 2.39. The van der Waals surface area contributed by atoms with E-state index in [1.54, 1.807) is 20.8 Å². The Kier molecular flexibility index (Phi) is 5.61. The second kappa shape index (κ2) is 6.64. The lowest BCUT2D eigenvalue weighted by Gasteiger charge is -2.22. The zero-order valence-electron chi connectivity index (χ0n) is 12.8. The Morgan fingerprint density at radius 2 is 1.76 bits per heavy atom. The van der Waals surface area contributed by atoms with Crippen LogP contribution in [0.3, 0.4) is 0 Å². The average Bonchev–Trinajstić information content (AvgIpc) is 2.58. The van der Waals surface area contributed by atoms with Crippen LogP contribution in [0.25, 0.3) is 0 Å². The first kappa shape index (κ1) is 17.7. The summed E-state index contributed by atoms with van der Waals surface area (Å²) < 4.78 is 33.1. The van der Waals surface area contributed by atoms with Crippen molar-refractivity contribution in [2.75, 3.05) is 25.2 Å². The number of alkyl carbamates (subject to hydrolysis) is 1. The summed E-state index contributed by atoms with van der Waals surface area (Å²) in [6.07, 6.45) is -0.556. The number of hydrogen-bond donors (Lipinski definition) is 1. The lowest BCUT2D eigenvalue weighted by Crippen LogP contribution is -2.37. The lowest BCUT2D eigenvalue weighted by molar-refractivity contribution is -0.141. The number of rotatable bonds is 4. The van der Waals surface area contributed by atoms with Crippen molar-refractivity contribution in [1.29, 1.82) is 0 Å². The topological polar surface area (TPSA) is 98.8 Å². The van der Waals surface area contributed by atoms with Gasteiger partial charge in [-0.25, -0.2) is 13.2 Å². The number of amides is 1. The predicted molar refractivity (Wildman–Crippen MR) is 76.5 cm³/mol. The van der Waals surface area contributed by atoms with Gasteiger partial charge in [0.1, 0.15) is 5.60 Å². The number of sulfone groups is 1. The Bertz CT molecular complexity index is 493. The fraction of sp³-hybridized carbons (Fsp3) is 0.846. The molecule has 0 radical (unpaired) electrons. The molecular weight excluding hydrogens is 298 g/mol. The summed E-state index contributed by atoms with van der Waals surface area (Å²) in [4.78, 5) is 22.9. The summed E-state index contributed by atoms with van der Waals surface area (Å²) in [6, 6.07) is 0. The molecule has 1 aliphatic rings. The standard InChI is InChI=1S/C13H23NO6S/c1-13(2,3)20-12(16)14-6-10-8-21(17,18)7-9(10)5-11(15)19-4/h9-10H,5-8H2,1-4H3,(H,14,16)/t9-,10-/m1/s1. The van der Waals surface area contributed by atoms with Crippen molar-refractivity contribution in [2.24, 2.45) is 11.8 Å². The number of esters is 1. The molecule has 2 atom stereocenters. The maximum absolute atomic E-state index is 11.7. The molecule has 0 aromatic carbocycles. The van der Waals surface area contributed by atoms with Crippen molar-refractivity contribution in [2.45, 2.75) is 32.8 Å². The Morgan fingerprint density at radius 3 is 2.29 bits per heavy atom. The zero-order chi connectivity index (χ0) is 16.3. The van der Waals surface area contributed by atoms with E-state index in [0.717, 1.165) is 0 Å². The van der Waals surface area contributed by atoms with E-state index in [2.05, 4.69) is 10.1 Å². The maximum atomic E-state index is 11.7. The van der Waals surface area contributed by atoms with E-state index < -0.39 is 27.5 Å². The summed E-state index contributed by atoms with van der Waals surface area (Å²) in [7, 11) is -1.92. The Morgan fingerprint density at radius 1 is 1.19 bits per heavy atom. The first-order valence-electron chi connectivity index (χ1n) is 6.76. The van der Waals surface area contributed by atoms with E-state index in [1.165, 1.54) is 7.11 Å². The van der Waals surface area contributed by atoms with Gasteiger partial charge in [0.2, 0.25) is 0 Å². The van der Waals surface area contributed by atoms with Gasteiger partial charge in [-0.15, -0.1) is 0 Å². The number of methoxy groups -OCH3 is 1. The van der Waals surface area contributed by atoms with Gasteiger partial charge in [-0.3, -0.25) is 4.79 Å². The van der Waals surface area contributed by atoms with Crippen LogP contribution in [0.5, 0.6) is 0 Å². The molecule has 7 nitrogen and oxygen atoms in total. The van der Waals surface area contributed by atoms with E-state index in [4.69, 9.17) is 4.74 Å². The van der Waals surface area contributed by atoms with Gasteiger partial charge in [0.25, 0.3) is 0 Å². The van der Waals surface area contributed by atoms with Crippen LogP contribution in [-0.2, 0) is 24.1 Å². The molecule has 0 saturated carbocycles. The minimum absolute atomic E-state index is 0.0372. The second-order valence-corrected chi connectivity index (χ2v) is 8.41. The average molecular weight is 321 g/mol. The van der Waals surface area contributed by atoms with Crippen molar-refractivity contribution < 1.29 is 27.5 Å². The van der Waals surface area contributed by atoms with Crippen LogP contribution in [0.15, 0.2) is 0 Å². The summed E-state index contributed by atoms with van der Waals surface area (Å²) in [5.41, 5.74) is -0.614. The van der Waals surface area contributed by atoms with E-state index >= 15 is 0 Å². The molecular formula is C13H23NO6S. The third kappa shape index (κ3) is 6.33. The van der Waals surface area contributed by atoms with Crippen molar-refractivity contribution >= 4 is 21.9 Å². The third-order valence-corrected chi connectivity index (χ3v) is 5.04. The fourth-order valence-corrected chi connectivity index (χ4v) is 4.49. The second-order valence-electron chi connectivity index (χ2n) is 6.26. The maximum Gasteiger partial charge on any atom is 0.407 e.